The maximum absolute atomic E-state index is 11.8. The number of aryl methyl sites for hydroxylation is 1. The summed E-state index contributed by atoms with van der Waals surface area (Å²) in [6, 6.07) is 12.1. The average Bonchev–Trinajstić information content (AvgIpc) is 3.16. The third-order valence-electron chi connectivity index (χ3n) is 5.70. The Kier molecular flexibility index (Phi) is 7.87. The lowest BCUT2D eigenvalue weighted by Gasteiger charge is -2.26. The van der Waals surface area contributed by atoms with Crippen LogP contribution in [0.1, 0.15) is 63.6 Å². The topological polar surface area (TPSA) is 91.0 Å². The predicted molar refractivity (Wildman–Crippen MR) is 132 cm³/mol. The number of nitrogens with zero attached hydrogens (tertiary/aromatic N) is 2. The standard InChI is InChI=1S/C27H32N2O5/c1-7-32-25(30)13-18(4)28-21-14-19(10-9-17(21)3)27(5,6)20-11-12-23-22(15-20)29-24(34-23)16-26(31)33-8-2/h9-12,14-15H,7-8,13,16H2,1-6H3. The van der Waals surface area contributed by atoms with Crippen LogP contribution in [0.3, 0.4) is 0 Å². The third kappa shape index (κ3) is 5.90. The second-order valence-electron chi connectivity index (χ2n) is 8.73. The Morgan fingerprint density at radius 1 is 1.00 bits per heavy atom. The molecule has 2 aromatic carbocycles. The molecule has 3 aromatic rings. The number of carbonyl (C=O) groups excluding carboxylic acids is 2. The van der Waals surface area contributed by atoms with E-state index in [1.165, 1.54) is 0 Å². The lowest BCUT2D eigenvalue weighted by molar-refractivity contribution is -0.143. The van der Waals surface area contributed by atoms with Crippen molar-refractivity contribution in [3.8, 4) is 0 Å². The molecule has 0 saturated heterocycles. The van der Waals surface area contributed by atoms with E-state index < -0.39 is 0 Å². The summed E-state index contributed by atoms with van der Waals surface area (Å²) >= 11 is 0. The van der Waals surface area contributed by atoms with Crippen molar-refractivity contribution in [3.05, 3.63) is 59.0 Å². The third-order valence-corrected chi connectivity index (χ3v) is 5.70. The van der Waals surface area contributed by atoms with Crippen molar-refractivity contribution in [2.75, 3.05) is 13.2 Å². The van der Waals surface area contributed by atoms with E-state index >= 15 is 0 Å². The van der Waals surface area contributed by atoms with Crippen molar-refractivity contribution in [2.45, 2.75) is 59.8 Å². The Morgan fingerprint density at radius 3 is 2.35 bits per heavy atom. The molecule has 1 heterocycles. The number of benzene rings is 2. The van der Waals surface area contributed by atoms with Gasteiger partial charge < -0.3 is 13.9 Å². The van der Waals surface area contributed by atoms with Gasteiger partial charge >= 0.3 is 11.9 Å². The first kappa shape index (κ1) is 25.1. The Hall–Kier alpha value is -3.48. The number of carbonyl (C=O) groups is 2. The molecule has 7 nitrogen and oxygen atoms in total. The SMILES string of the molecule is CCOC(=O)CC(C)=Nc1cc(C(C)(C)c2ccc3oc(CC(=O)OCC)nc3c2)ccc1C. The Morgan fingerprint density at radius 2 is 1.65 bits per heavy atom. The van der Waals surface area contributed by atoms with Crippen molar-refractivity contribution in [1.82, 2.24) is 4.98 Å². The van der Waals surface area contributed by atoms with Crippen LogP contribution in [0.2, 0.25) is 0 Å². The number of fused-ring (bicyclic) bond motifs is 1. The molecule has 0 N–H and O–H groups in total. The minimum atomic E-state index is -0.361. The Balaban J connectivity index is 1.89. The summed E-state index contributed by atoms with van der Waals surface area (Å²) in [6.07, 6.45) is 0.170. The molecule has 0 bridgehead atoms. The van der Waals surface area contributed by atoms with Crippen LogP contribution >= 0.6 is 0 Å². The van der Waals surface area contributed by atoms with E-state index in [9.17, 15) is 9.59 Å². The summed E-state index contributed by atoms with van der Waals surface area (Å²) in [4.78, 5) is 32.7. The van der Waals surface area contributed by atoms with Gasteiger partial charge in [0, 0.05) is 11.1 Å². The van der Waals surface area contributed by atoms with Gasteiger partial charge in [-0.2, -0.15) is 0 Å². The maximum atomic E-state index is 11.8. The van der Waals surface area contributed by atoms with Crippen molar-refractivity contribution in [3.63, 3.8) is 0 Å². The van der Waals surface area contributed by atoms with Crippen LogP contribution in [0, 0.1) is 6.92 Å². The molecule has 0 aliphatic rings. The van der Waals surface area contributed by atoms with Crippen LogP contribution < -0.4 is 0 Å². The van der Waals surface area contributed by atoms with Gasteiger partial charge in [0.15, 0.2) is 5.58 Å². The molecule has 0 radical (unpaired) electrons. The molecule has 0 aliphatic heterocycles. The zero-order chi connectivity index (χ0) is 24.9. The fourth-order valence-corrected chi connectivity index (χ4v) is 3.73. The Bertz CT molecular complexity index is 1220. The molecule has 1 aromatic heterocycles. The zero-order valence-corrected chi connectivity index (χ0v) is 20.7. The molecule has 3 rings (SSSR count). The van der Waals surface area contributed by atoms with Crippen LogP contribution in [-0.2, 0) is 30.9 Å². The first-order chi connectivity index (χ1) is 16.1. The smallest absolute Gasteiger partial charge is 0.315 e. The molecule has 7 heteroatoms. The van der Waals surface area contributed by atoms with Gasteiger partial charge in [-0.1, -0.05) is 32.0 Å². The number of rotatable bonds is 9. The van der Waals surface area contributed by atoms with Crippen LogP contribution in [-0.4, -0.2) is 35.8 Å². The number of hydrogen-bond acceptors (Lipinski definition) is 7. The highest BCUT2D eigenvalue weighted by molar-refractivity contribution is 5.98. The maximum Gasteiger partial charge on any atom is 0.315 e. The summed E-state index contributed by atoms with van der Waals surface area (Å²) in [5.74, 6) is -0.297. The number of hydrogen-bond donors (Lipinski definition) is 0. The number of ether oxygens (including phenoxy) is 2. The minimum Gasteiger partial charge on any atom is -0.466 e. The molecule has 180 valence electrons. The summed E-state index contributed by atoms with van der Waals surface area (Å²) in [5, 5.41) is 0. The number of aliphatic imine (C=N–C) groups is 1. The van der Waals surface area contributed by atoms with Crippen molar-refractivity contribution >= 4 is 34.4 Å². The lowest BCUT2D eigenvalue weighted by atomic mass is 9.77. The van der Waals surface area contributed by atoms with Gasteiger partial charge in [0.25, 0.3) is 0 Å². The van der Waals surface area contributed by atoms with E-state index in [1.54, 1.807) is 13.8 Å². The van der Waals surface area contributed by atoms with E-state index in [4.69, 9.17) is 13.9 Å². The predicted octanol–water partition coefficient (Wildman–Crippen LogP) is 5.61. The highest BCUT2D eigenvalue weighted by Crippen LogP contribution is 2.36. The molecule has 0 spiro atoms. The monoisotopic (exact) mass is 464 g/mol. The lowest BCUT2D eigenvalue weighted by Crippen LogP contribution is -2.18. The Labute approximate surface area is 200 Å². The van der Waals surface area contributed by atoms with Gasteiger partial charge in [-0.15, -0.1) is 0 Å². The second kappa shape index (κ2) is 10.6. The van der Waals surface area contributed by atoms with Crippen LogP contribution in [0.15, 0.2) is 45.8 Å². The first-order valence-electron chi connectivity index (χ1n) is 11.5. The van der Waals surface area contributed by atoms with E-state index in [-0.39, 0.29) is 30.2 Å². The van der Waals surface area contributed by atoms with Gasteiger partial charge in [0.1, 0.15) is 11.9 Å². The number of oxazole rings is 1. The summed E-state index contributed by atoms with van der Waals surface area (Å²) in [7, 11) is 0. The van der Waals surface area contributed by atoms with Gasteiger partial charge in [-0.05, 0) is 62.6 Å². The molecule has 0 unspecified atom stereocenters. The molecule has 34 heavy (non-hydrogen) atoms. The highest BCUT2D eigenvalue weighted by atomic mass is 16.5. The van der Waals surface area contributed by atoms with Gasteiger partial charge in [-0.25, -0.2) is 4.98 Å². The van der Waals surface area contributed by atoms with E-state index in [1.807, 2.05) is 38.1 Å². The van der Waals surface area contributed by atoms with E-state index in [0.717, 1.165) is 22.4 Å². The molecular formula is C27H32N2O5. The van der Waals surface area contributed by atoms with E-state index in [2.05, 4.69) is 36.0 Å². The van der Waals surface area contributed by atoms with Gasteiger partial charge in [0.2, 0.25) is 5.89 Å². The zero-order valence-electron chi connectivity index (χ0n) is 20.7. The number of esters is 2. The molecule has 0 fully saturated rings. The first-order valence-corrected chi connectivity index (χ1v) is 11.5. The average molecular weight is 465 g/mol. The molecule has 0 amide bonds. The summed E-state index contributed by atoms with van der Waals surface area (Å²) < 4.78 is 15.7. The fraction of sp³-hybridized carbons (Fsp3) is 0.407. The second-order valence-corrected chi connectivity index (χ2v) is 8.73. The van der Waals surface area contributed by atoms with Gasteiger partial charge in [0.05, 0.1) is 25.3 Å². The highest BCUT2D eigenvalue weighted by Gasteiger charge is 2.25. The number of aromatic nitrogens is 1. The normalized spacial score (nSPS) is 12.1. The van der Waals surface area contributed by atoms with Gasteiger partial charge in [-0.3, -0.25) is 14.6 Å². The summed E-state index contributed by atoms with van der Waals surface area (Å²) in [5.41, 5.74) is 5.66. The van der Waals surface area contributed by atoms with Crippen LogP contribution in [0.25, 0.3) is 11.1 Å². The molecule has 0 atom stereocenters. The minimum absolute atomic E-state index is 0.00568. The summed E-state index contributed by atoms with van der Waals surface area (Å²) in [6.45, 7) is 12.3. The molecular weight excluding hydrogens is 432 g/mol. The quantitative estimate of drug-likeness (QED) is 0.302. The van der Waals surface area contributed by atoms with Crippen molar-refractivity contribution in [2.24, 2.45) is 4.99 Å². The van der Waals surface area contributed by atoms with E-state index in [0.29, 0.717) is 35.9 Å². The molecule has 0 saturated carbocycles. The molecule has 0 aliphatic carbocycles. The largest absolute Gasteiger partial charge is 0.466 e. The fourth-order valence-electron chi connectivity index (χ4n) is 3.73. The van der Waals surface area contributed by atoms with Crippen molar-refractivity contribution < 1.29 is 23.5 Å². The van der Waals surface area contributed by atoms with Crippen molar-refractivity contribution in [1.29, 1.82) is 0 Å². The van der Waals surface area contributed by atoms with Crippen LogP contribution in [0.5, 0.6) is 0 Å². The van der Waals surface area contributed by atoms with Crippen LogP contribution in [0.4, 0.5) is 5.69 Å².